The van der Waals surface area contributed by atoms with Crippen molar-refractivity contribution in [1.82, 2.24) is 5.32 Å². The highest BCUT2D eigenvalue weighted by atomic mass is 16.5. The third-order valence-corrected chi connectivity index (χ3v) is 3.55. The van der Waals surface area contributed by atoms with Crippen LogP contribution in [0, 0.1) is 11.8 Å². The van der Waals surface area contributed by atoms with Crippen LogP contribution >= 0.6 is 0 Å². The maximum atomic E-state index is 10.8. The number of nitrogens with two attached hydrogens (primary N) is 1. The van der Waals surface area contributed by atoms with Crippen LogP contribution in [0.3, 0.4) is 0 Å². The fraction of sp³-hybridized carbons (Fsp3) is 0.933. The number of ether oxygens (including phenoxy) is 2. The van der Waals surface area contributed by atoms with E-state index < -0.39 is 6.09 Å². The van der Waals surface area contributed by atoms with Gasteiger partial charge in [0.2, 0.25) is 0 Å². The fourth-order valence-corrected chi connectivity index (χ4v) is 2.49. The van der Waals surface area contributed by atoms with Gasteiger partial charge >= 0.3 is 6.09 Å². The lowest BCUT2D eigenvalue weighted by Gasteiger charge is -2.27. The Labute approximate surface area is 122 Å². The zero-order chi connectivity index (χ0) is 15.0. The molecule has 1 aliphatic rings. The molecule has 1 rings (SSSR count). The molecule has 1 saturated heterocycles. The van der Waals surface area contributed by atoms with Crippen LogP contribution in [0.15, 0.2) is 0 Å². The van der Waals surface area contributed by atoms with Crippen molar-refractivity contribution in [2.24, 2.45) is 17.6 Å². The van der Waals surface area contributed by atoms with E-state index in [1.807, 2.05) is 0 Å². The number of rotatable bonds is 6. The molecule has 1 amide bonds. The van der Waals surface area contributed by atoms with Gasteiger partial charge in [0.15, 0.2) is 0 Å². The summed E-state index contributed by atoms with van der Waals surface area (Å²) in [6.45, 7) is 9.30. The molecule has 0 aromatic carbocycles. The van der Waals surface area contributed by atoms with Gasteiger partial charge in [0, 0.05) is 31.2 Å². The highest BCUT2D eigenvalue weighted by Crippen LogP contribution is 2.22. The average molecular weight is 286 g/mol. The van der Waals surface area contributed by atoms with Crippen LogP contribution in [-0.4, -0.2) is 38.0 Å². The van der Waals surface area contributed by atoms with Gasteiger partial charge in [-0.1, -0.05) is 6.42 Å². The van der Waals surface area contributed by atoms with Gasteiger partial charge in [-0.15, -0.1) is 0 Å². The number of carbonyl (C=O) groups is 1. The molecule has 0 aromatic heterocycles. The topological polar surface area (TPSA) is 73.6 Å². The molecule has 0 aliphatic carbocycles. The molecule has 1 aliphatic heterocycles. The van der Waals surface area contributed by atoms with Crippen LogP contribution in [0.5, 0.6) is 0 Å². The summed E-state index contributed by atoms with van der Waals surface area (Å²) in [5.41, 5.74) is 5.14. The first kappa shape index (κ1) is 17.2. The van der Waals surface area contributed by atoms with E-state index in [4.69, 9.17) is 15.2 Å². The molecule has 0 radical (unpaired) electrons. The quantitative estimate of drug-likeness (QED) is 0.785. The van der Waals surface area contributed by atoms with E-state index >= 15 is 0 Å². The predicted molar refractivity (Wildman–Crippen MR) is 79.6 cm³/mol. The second kappa shape index (κ2) is 8.47. The molecule has 3 N–H and O–H groups in total. The van der Waals surface area contributed by atoms with Crippen molar-refractivity contribution in [2.45, 2.75) is 52.0 Å². The highest BCUT2D eigenvalue weighted by Gasteiger charge is 2.21. The number of hydrogen-bond donors (Lipinski definition) is 2. The molecule has 0 unspecified atom stereocenters. The Kier molecular flexibility index (Phi) is 7.30. The van der Waals surface area contributed by atoms with Gasteiger partial charge < -0.3 is 20.5 Å². The van der Waals surface area contributed by atoms with Gasteiger partial charge in [-0.3, -0.25) is 0 Å². The van der Waals surface area contributed by atoms with Gasteiger partial charge in [0.25, 0.3) is 0 Å². The van der Waals surface area contributed by atoms with Crippen molar-refractivity contribution in [3.05, 3.63) is 0 Å². The summed E-state index contributed by atoms with van der Waals surface area (Å²) in [6, 6.07) is 0. The third-order valence-electron chi connectivity index (χ3n) is 3.55. The number of carbonyl (C=O) groups excluding carboxylic acids is 1. The first-order chi connectivity index (χ1) is 9.37. The maximum absolute atomic E-state index is 10.8. The summed E-state index contributed by atoms with van der Waals surface area (Å²) in [5, 5.41) is 3.48. The maximum Gasteiger partial charge on any atom is 0.404 e. The minimum absolute atomic E-state index is 0.0604. The molecule has 5 nitrogen and oxygen atoms in total. The van der Waals surface area contributed by atoms with Gasteiger partial charge in [-0.2, -0.15) is 0 Å². The van der Waals surface area contributed by atoms with E-state index in [0.29, 0.717) is 12.5 Å². The lowest BCUT2D eigenvalue weighted by Crippen LogP contribution is -2.41. The van der Waals surface area contributed by atoms with E-state index in [9.17, 15) is 4.79 Å². The normalized spacial score (nSPS) is 22.1. The Hall–Kier alpha value is -0.810. The van der Waals surface area contributed by atoms with Crippen molar-refractivity contribution >= 4 is 6.09 Å². The molecular weight excluding hydrogens is 256 g/mol. The van der Waals surface area contributed by atoms with Crippen molar-refractivity contribution in [1.29, 1.82) is 0 Å². The lowest BCUT2D eigenvalue weighted by atomic mass is 9.91. The van der Waals surface area contributed by atoms with Crippen molar-refractivity contribution in [3.63, 3.8) is 0 Å². The summed E-state index contributed by atoms with van der Waals surface area (Å²) in [6.07, 6.45) is 3.89. The summed E-state index contributed by atoms with van der Waals surface area (Å²) in [7, 11) is 0. The van der Waals surface area contributed by atoms with Crippen LogP contribution in [0.2, 0.25) is 0 Å². The second-order valence-electron chi connectivity index (χ2n) is 6.80. The average Bonchev–Trinajstić information content (AvgIpc) is 2.60. The van der Waals surface area contributed by atoms with Crippen LogP contribution in [0.1, 0.15) is 46.5 Å². The Bertz CT molecular complexity index is 281. The van der Waals surface area contributed by atoms with E-state index in [1.165, 1.54) is 12.8 Å². The fourth-order valence-electron chi connectivity index (χ4n) is 2.49. The van der Waals surface area contributed by atoms with Gasteiger partial charge in [-0.25, -0.2) is 4.79 Å². The van der Waals surface area contributed by atoms with E-state index in [0.717, 1.165) is 32.6 Å². The number of amides is 1. The summed E-state index contributed by atoms with van der Waals surface area (Å²) in [5.74, 6) is 0.842. The third kappa shape index (κ3) is 8.38. The van der Waals surface area contributed by atoms with E-state index in [1.54, 1.807) is 0 Å². The zero-order valence-corrected chi connectivity index (χ0v) is 13.1. The number of hydrogen-bond acceptors (Lipinski definition) is 4. The highest BCUT2D eigenvalue weighted by molar-refractivity contribution is 5.64. The Morgan fingerprint density at radius 1 is 1.45 bits per heavy atom. The van der Waals surface area contributed by atoms with Gasteiger partial charge in [0.05, 0.1) is 6.61 Å². The molecule has 20 heavy (non-hydrogen) atoms. The minimum atomic E-state index is -0.692. The van der Waals surface area contributed by atoms with E-state index in [2.05, 4.69) is 26.1 Å². The minimum Gasteiger partial charge on any atom is -0.449 e. The molecule has 2 atom stereocenters. The van der Waals surface area contributed by atoms with Crippen molar-refractivity contribution in [2.75, 3.05) is 26.4 Å². The lowest BCUT2D eigenvalue weighted by molar-refractivity contribution is 0.0898. The van der Waals surface area contributed by atoms with Crippen LogP contribution in [0.25, 0.3) is 0 Å². The van der Waals surface area contributed by atoms with Crippen molar-refractivity contribution < 1.29 is 14.3 Å². The summed E-state index contributed by atoms with van der Waals surface area (Å²) < 4.78 is 10.6. The Morgan fingerprint density at radius 3 is 2.85 bits per heavy atom. The standard InChI is InChI=1S/C15H30N2O3/c1-15(2,3)17-9-13(11-20-14(16)18)8-12-6-4-5-7-19-10-12/h12-13,17H,4-11H2,1-3H3,(H2,16,18)/t12-,13-/m0/s1. The second-order valence-corrected chi connectivity index (χ2v) is 6.80. The smallest absolute Gasteiger partial charge is 0.404 e. The molecule has 0 bridgehead atoms. The summed E-state index contributed by atoms with van der Waals surface area (Å²) >= 11 is 0. The zero-order valence-electron chi connectivity index (χ0n) is 13.1. The molecule has 0 aromatic rings. The monoisotopic (exact) mass is 286 g/mol. The largest absolute Gasteiger partial charge is 0.449 e. The van der Waals surface area contributed by atoms with Crippen molar-refractivity contribution in [3.8, 4) is 0 Å². The molecule has 1 heterocycles. The van der Waals surface area contributed by atoms with Crippen LogP contribution in [0.4, 0.5) is 4.79 Å². The first-order valence-corrected chi connectivity index (χ1v) is 7.62. The molecule has 0 spiro atoms. The molecular formula is C15H30N2O3. The van der Waals surface area contributed by atoms with Crippen LogP contribution < -0.4 is 11.1 Å². The van der Waals surface area contributed by atoms with Gasteiger partial charge in [-0.05, 0) is 46.0 Å². The molecule has 1 fully saturated rings. The van der Waals surface area contributed by atoms with Crippen LogP contribution in [-0.2, 0) is 9.47 Å². The first-order valence-electron chi connectivity index (χ1n) is 7.62. The van der Waals surface area contributed by atoms with Gasteiger partial charge in [0.1, 0.15) is 0 Å². The molecule has 118 valence electrons. The molecule has 0 saturated carbocycles. The number of primary amides is 1. The Balaban J connectivity index is 2.44. The summed E-state index contributed by atoms with van der Waals surface area (Å²) in [4.78, 5) is 10.8. The SMILES string of the molecule is CC(C)(C)NC[C@@H](COC(N)=O)C[C@@H]1CCCCOC1. The predicted octanol–water partition coefficient (Wildman–Crippen LogP) is 2.29. The molecule has 5 heteroatoms. The van der Waals surface area contributed by atoms with E-state index in [-0.39, 0.29) is 11.5 Å². The number of nitrogens with one attached hydrogen (secondary N) is 1. The Morgan fingerprint density at radius 2 is 2.20 bits per heavy atom.